The Labute approximate surface area is 218 Å². The summed E-state index contributed by atoms with van der Waals surface area (Å²) in [6.45, 7) is 5.98. The first-order valence-electron chi connectivity index (χ1n) is 12.2. The van der Waals surface area contributed by atoms with Crippen molar-refractivity contribution in [1.82, 2.24) is 16.0 Å². The summed E-state index contributed by atoms with van der Waals surface area (Å²) in [7, 11) is 0. The number of carbonyl (C=O) groups excluding carboxylic acids is 5. The lowest BCUT2D eigenvalue weighted by Gasteiger charge is -2.25. The second kappa shape index (κ2) is 13.4. The third-order valence-corrected chi connectivity index (χ3v) is 6.02. The molecule has 3 atom stereocenters. The molecule has 1 aromatic carbocycles. The fourth-order valence-corrected chi connectivity index (χ4v) is 4.06. The van der Waals surface area contributed by atoms with Gasteiger partial charge >= 0.3 is 18.2 Å². The molecule has 0 aromatic heterocycles. The van der Waals surface area contributed by atoms with Crippen LogP contribution >= 0.6 is 0 Å². The Hall–Kier alpha value is -3.48. The van der Waals surface area contributed by atoms with Gasteiger partial charge in [-0.2, -0.15) is 0 Å². The summed E-state index contributed by atoms with van der Waals surface area (Å²) in [4.78, 5) is 62.8. The first-order chi connectivity index (χ1) is 17.7. The zero-order valence-electron chi connectivity index (χ0n) is 21.7. The number of ether oxygens (including phenoxy) is 1. The number of ketones is 1. The Balaban J connectivity index is 2.15. The zero-order valence-corrected chi connectivity index (χ0v) is 21.7. The minimum atomic E-state index is -5.06. The summed E-state index contributed by atoms with van der Waals surface area (Å²) < 4.78 is 41.1. The number of benzene rings is 1. The van der Waals surface area contributed by atoms with E-state index < -0.39 is 54.5 Å². The number of para-hydroxylation sites is 1. The quantitative estimate of drug-likeness (QED) is 0.315. The van der Waals surface area contributed by atoms with Gasteiger partial charge in [0.05, 0.1) is 6.04 Å². The molecule has 38 heavy (non-hydrogen) atoms. The van der Waals surface area contributed by atoms with Crippen molar-refractivity contribution in [1.29, 1.82) is 0 Å². The predicted octanol–water partition coefficient (Wildman–Crippen LogP) is 1.89. The molecule has 4 N–H and O–H groups in total. The molecular weight excluding hydrogens is 509 g/mol. The Morgan fingerprint density at radius 3 is 2.21 bits per heavy atom. The number of nitrogens with one attached hydrogen (secondary N) is 4. The normalized spacial score (nSPS) is 16.9. The van der Waals surface area contributed by atoms with E-state index in [0.29, 0.717) is 18.7 Å². The van der Waals surface area contributed by atoms with Crippen LogP contribution in [0.4, 0.5) is 18.9 Å². The van der Waals surface area contributed by atoms with E-state index in [4.69, 9.17) is 0 Å². The highest BCUT2D eigenvalue weighted by Crippen LogP contribution is 2.21. The van der Waals surface area contributed by atoms with E-state index in [2.05, 4.69) is 26.0 Å². The number of amides is 4. The third-order valence-electron chi connectivity index (χ3n) is 6.02. The molecule has 2 rings (SSSR count). The summed E-state index contributed by atoms with van der Waals surface area (Å²) in [6, 6.07) is 2.53. The van der Waals surface area contributed by atoms with Gasteiger partial charge in [-0.1, -0.05) is 32.0 Å². The van der Waals surface area contributed by atoms with Gasteiger partial charge in [-0.15, -0.1) is 13.2 Å². The number of halogens is 3. The summed E-state index contributed by atoms with van der Waals surface area (Å²) >= 11 is 0. The number of alkyl halides is 3. The molecule has 0 aliphatic carbocycles. The van der Waals surface area contributed by atoms with Gasteiger partial charge < -0.3 is 21.3 Å². The van der Waals surface area contributed by atoms with Crippen LogP contribution in [-0.2, 0) is 28.7 Å². The number of hydrogen-bond acceptors (Lipinski definition) is 6. The molecule has 4 amide bonds. The second-order valence-corrected chi connectivity index (χ2v) is 9.65. The Morgan fingerprint density at radius 2 is 1.68 bits per heavy atom. The van der Waals surface area contributed by atoms with E-state index in [-0.39, 0.29) is 24.7 Å². The Bertz CT molecular complexity index is 1040. The predicted molar refractivity (Wildman–Crippen MR) is 131 cm³/mol. The van der Waals surface area contributed by atoms with Crippen molar-refractivity contribution in [3.63, 3.8) is 0 Å². The van der Waals surface area contributed by atoms with Crippen molar-refractivity contribution in [3.8, 4) is 0 Å². The van der Waals surface area contributed by atoms with Gasteiger partial charge in [-0.3, -0.25) is 28.7 Å². The summed E-state index contributed by atoms with van der Waals surface area (Å²) in [5.41, 5.74) is 1.89. The van der Waals surface area contributed by atoms with Gasteiger partial charge in [0.2, 0.25) is 11.8 Å². The van der Waals surface area contributed by atoms with Crippen LogP contribution in [0.1, 0.15) is 44.2 Å². The first-order valence-corrected chi connectivity index (χ1v) is 12.2. The van der Waals surface area contributed by atoms with Gasteiger partial charge in [0.15, 0.2) is 5.78 Å². The average molecular weight is 543 g/mol. The van der Waals surface area contributed by atoms with Crippen LogP contribution in [0, 0.1) is 25.7 Å². The molecule has 10 nitrogen and oxygen atoms in total. The number of Topliss-reactive ketones (excluding diaryl/α,β-unsaturated/α-hetero) is 1. The molecule has 1 saturated heterocycles. The maximum atomic E-state index is 13.1. The number of rotatable bonds is 11. The highest BCUT2D eigenvalue weighted by atomic mass is 19.4. The second-order valence-electron chi connectivity index (χ2n) is 9.65. The highest BCUT2D eigenvalue weighted by Gasteiger charge is 2.36. The van der Waals surface area contributed by atoms with Crippen LogP contribution in [0.3, 0.4) is 0 Å². The number of aryl methyl sites for hydroxylation is 2. The Kier molecular flexibility index (Phi) is 10.8. The fraction of sp³-hybridized carbons (Fsp3) is 0.560. The molecule has 13 heteroatoms. The van der Waals surface area contributed by atoms with Crippen molar-refractivity contribution < 1.29 is 41.9 Å². The molecule has 210 valence electrons. The van der Waals surface area contributed by atoms with Gasteiger partial charge in [-0.25, -0.2) is 0 Å². The minimum Gasteiger partial charge on any atom is -0.356 e. The lowest BCUT2D eigenvalue weighted by molar-refractivity contribution is -0.321. The molecule has 1 aliphatic heterocycles. The molecule has 1 aliphatic rings. The fourth-order valence-electron chi connectivity index (χ4n) is 4.06. The van der Waals surface area contributed by atoms with Gasteiger partial charge in [-0.05, 0) is 50.2 Å². The van der Waals surface area contributed by atoms with E-state index in [0.717, 1.165) is 11.1 Å². The summed E-state index contributed by atoms with van der Waals surface area (Å²) in [6.07, 6.45) is -4.90. The molecule has 1 aromatic rings. The van der Waals surface area contributed by atoms with Crippen LogP contribution in [0.15, 0.2) is 18.2 Å². The van der Waals surface area contributed by atoms with Crippen molar-refractivity contribution >= 4 is 35.1 Å². The summed E-state index contributed by atoms with van der Waals surface area (Å²) in [5.74, 6) is -5.31. The highest BCUT2D eigenvalue weighted by molar-refractivity contribution is 6.40. The van der Waals surface area contributed by atoms with Crippen LogP contribution in [0.2, 0.25) is 0 Å². The molecule has 0 saturated carbocycles. The van der Waals surface area contributed by atoms with Gasteiger partial charge in [0.1, 0.15) is 12.6 Å². The van der Waals surface area contributed by atoms with Crippen LogP contribution in [0.25, 0.3) is 0 Å². The molecule has 1 fully saturated rings. The van der Waals surface area contributed by atoms with Crippen molar-refractivity contribution in [3.05, 3.63) is 29.3 Å². The molecule has 0 spiro atoms. The topological polar surface area (TPSA) is 143 Å². The molecule has 0 bridgehead atoms. The first kappa shape index (κ1) is 30.7. The van der Waals surface area contributed by atoms with Crippen molar-refractivity contribution in [2.45, 2.75) is 65.4 Å². The van der Waals surface area contributed by atoms with Gasteiger partial charge in [0.25, 0.3) is 0 Å². The van der Waals surface area contributed by atoms with Crippen LogP contribution in [-0.4, -0.2) is 61.0 Å². The maximum absolute atomic E-state index is 13.1. The largest absolute Gasteiger partial charge is 0.522 e. The number of carbonyl (C=O) groups is 5. The lowest BCUT2D eigenvalue weighted by Crippen LogP contribution is -2.54. The molecule has 0 radical (unpaired) electrons. The van der Waals surface area contributed by atoms with E-state index in [1.807, 2.05) is 0 Å². The monoisotopic (exact) mass is 542 g/mol. The van der Waals surface area contributed by atoms with E-state index in [9.17, 15) is 37.1 Å². The van der Waals surface area contributed by atoms with Gasteiger partial charge in [0, 0.05) is 18.2 Å². The molecular formula is C25H33F3N4O6. The minimum absolute atomic E-state index is 0.0676. The average Bonchev–Trinajstić information content (AvgIpc) is 3.22. The van der Waals surface area contributed by atoms with Crippen LogP contribution in [0.5, 0.6) is 0 Å². The SMILES string of the molecule is Cc1cccc(C)c1NC(=O)C(=O)N[C@@H](CC(C)C)C(=O)N[C@@H](C[C@@H]1CCNC1=O)C(=O)COC(F)(F)F. The third kappa shape index (κ3) is 9.43. The lowest BCUT2D eigenvalue weighted by atomic mass is 9.95. The van der Waals surface area contributed by atoms with E-state index in [1.165, 1.54) is 0 Å². The standard InChI is InChI=1S/C25H33F3N4O6/c1-13(2)10-18(31-23(36)24(37)32-20-14(3)6-5-7-15(20)4)22(35)30-17(11-16-8-9-29-21(16)34)19(33)12-38-25(26,27)28/h5-7,13,16-18H,8-12H2,1-4H3,(H,29,34)(H,30,35)(H,31,36)(H,32,37)/t16-,17-,18-/m0/s1. The van der Waals surface area contributed by atoms with Crippen LogP contribution < -0.4 is 21.3 Å². The molecule has 1 heterocycles. The summed E-state index contributed by atoms with van der Waals surface area (Å²) in [5, 5.41) is 9.78. The van der Waals surface area contributed by atoms with Crippen molar-refractivity contribution in [2.24, 2.45) is 11.8 Å². The number of hydrogen-bond donors (Lipinski definition) is 4. The van der Waals surface area contributed by atoms with Crippen molar-refractivity contribution in [2.75, 3.05) is 18.5 Å². The zero-order chi connectivity index (χ0) is 28.6. The Morgan fingerprint density at radius 1 is 1.05 bits per heavy atom. The van der Waals surface area contributed by atoms with E-state index >= 15 is 0 Å². The van der Waals surface area contributed by atoms with E-state index in [1.54, 1.807) is 45.9 Å². The molecule has 0 unspecified atom stereocenters. The maximum Gasteiger partial charge on any atom is 0.522 e. The number of anilines is 1. The smallest absolute Gasteiger partial charge is 0.356 e.